The van der Waals surface area contributed by atoms with E-state index in [1.807, 2.05) is 42.5 Å². The second kappa shape index (κ2) is 8.08. The smallest absolute Gasteiger partial charge is 0.192 e. The molecular weight excluding hydrogens is 393 g/mol. The summed E-state index contributed by atoms with van der Waals surface area (Å²) >= 11 is 0. The highest BCUT2D eigenvalue weighted by molar-refractivity contribution is 6.02. The molecule has 0 saturated carbocycles. The van der Waals surface area contributed by atoms with Gasteiger partial charge in [-0.15, -0.1) is 0 Å². The maximum atomic E-state index is 13.1. The lowest BCUT2D eigenvalue weighted by molar-refractivity contribution is 0.0969. The predicted molar refractivity (Wildman–Crippen MR) is 119 cm³/mol. The van der Waals surface area contributed by atoms with Crippen molar-refractivity contribution < 1.29 is 13.6 Å². The van der Waals surface area contributed by atoms with Crippen LogP contribution in [0.2, 0.25) is 0 Å². The number of likely N-dealkylation sites (tertiary alicyclic amines) is 1. The van der Waals surface area contributed by atoms with E-state index in [1.54, 1.807) is 0 Å². The standard InChI is InChI=1S/C26H22FNO3/c27-22-5-3-17(4-6-22)20-7-10-28(16-20)11-8-24(29)19-2-1-18-14-23-25(30)9-12-31-26(23)15-21(18)13-19/h1-6,9,12-15,20H,7-8,10-11,16H2. The van der Waals surface area contributed by atoms with Crippen molar-refractivity contribution in [1.29, 1.82) is 0 Å². The molecule has 0 aliphatic carbocycles. The van der Waals surface area contributed by atoms with Crippen molar-refractivity contribution in [3.05, 3.63) is 94.1 Å². The van der Waals surface area contributed by atoms with Gasteiger partial charge >= 0.3 is 0 Å². The molecule has 1 saturated heterocycles. The lowest BCUT2D eigenvalue weighted by Crippen LogP contribution is -2.23. The average molecular weight is 415 g/mol. The number of carbonyl (C=O) groups is 1. The van der Waals surface area contributed by atoms with E-state index in [2.05, 4.69) is 4.90 Å². The summed E-state index contributed by atoms with van der Waals surface area (Å²) in [6.45, 7) is 2.54. The van der Waals surface area contributed by atoms with E-state index in [-0.39, 0.29) is 17.0 Å². The van der Waals surface area contributed by atoms with Crippen LogP contribution in [0.15, 0.2) is 76.1 Å². The van der Waals surface area contributed by atoms with Gasteiger partial charge in [0.2, 0.25) is 0 Å². The average Bonchev–Trinajstić information content (AvgIpc) is 3.26. The molecule has 1 unspecified atom stereocenters. The van der Waals surface area contributed by atoms with Gasteiger partial charge in [0.25, 0.3) is 0 Å². The van der Waals surface area contributed by atoms with Gasteiger partial charge in [-0.3, -0.25) is 9.59 Å². The lowest BCUT2D eigenvalue weighted by Gasteiger charge is -2.16. The van der Waals surface area contributed by atoms with Crippen LogP contribution in [0.4, 0.5) is 4.39 Å². The first-order valence-corrected chi connectivity index (χ1v) is 10.5. The molecule has 0 N–H and O–H groups in total. The monoisotopic (exact) mass is 415 g/mol. The number of ketones is 1. The molecule has 1 atom stereocenters. The molecule has 4 nitrogen and oxygen atoms in total. The third-order valence-corrected chi connectivity index (χ3v) is 6.21. The summed E-state index contributed by atoms with van der Waals surface area (Å²) in [5.41, 5.74) is 2.27. The van der Waals surface area contributed by atoms with Gasteiger partial charge in [0, 0.05) is 31.1 Å². The van der Waals surface area contributed by atoms with Crippen LogP contribution in [0.5, 0.6) is 0 Å². The Balaban J connectivity index is 1.26. The zero-order valence-electron chi connectivity index (χ0n) is 17.0. The third kappa shape index (κ3) is 4.01. The van der Waals surface area contributed by atoms with Crippen molar-refractivity contribution in [3.63, 3.8) is 0 Å². The third-order valence-electron chi connectivity index (χ3n) is 6.21. The summed E-state index contributed by atoms with van der Waals surface area (Å²) in [6, 6.07) is 17.3. The number of hydrogen-bond donors (Lipinski definition) is 0. The van der Waals surface area contributed by atoms with Gasteiger partial charge in [-0.1, -0.05) is 24.3 Å². The Morgan fingerprint density at radius 1 is 1.03 bits per heavy atom. The Morgan fingerprint density at radius 3 is 2.71 bits per heavy atom. The molecular formula is C26H22FNO3. The topological polar surface area (TPSA) is 50.5 Å². The van der Waals surface area contributed by atoms with Gasteiger partial charge in [0.1, 0.15) is 11.4 Å². The normalized spacial score (nSPS) is 16.9. The molecule has 1 aliphatic heterocycles. The quantitative estimate of drug-likeness (QED) is 0.334. The van der Waals surface area contributed by atoms with E-state index in [0.29, 0.717) is 35.4 Å². The molecule has 0 amide bonds. The van der Waals surface area contributed by atoms with Gasteiger partial charge in [-0.2, -0.15) is 0 Å². The Labute approximate surface area is 178 Å². The van der Waals surface area contributed by atoms with Crippen molar-refractivity contribution >= 4 is 27.5 Å². The highest BCUT2D eigenvalue weighted by atomic mass is 19.1. The van der Waals surface area contributed by atoms with Gasteiger partial charge < -0.3 is 9.32 Å². The van der Waals surface area contributed by atoms with E-state index in [0.717, 1.165) is 35.8 Å². The first-order chi connectivity index (χ1) is 15.1. The molecule has 0 radical (unpaired) electrons. The molecule has 0 bridgehead atoms. The molecule has 5 heteroatoms. The highest BCUT2D eigenvalue weighted by Gasteiger charge is 2.24. The predicted octanol–water partition coefficient (Wildman–Crippen LogP) is 5.15. The van der Waals surface area contributed by atoms with Crippen molar-refractivity contribution in [1.82, 2.24) is 4.90 Å². The summed E-state index contributed by atoms with van der Waals surface area (Å²) in [4.78, 5) is 27.1. The van der Waals surface area contributed by atoms with E-state index in [4.69, 9.17) is 4.42 Å². The van der Waals surface area contributed by atoms with Crippen LogP contribution in [0.3, 0.4) is 0 Å². The van der Waals surface area contributed by atoms with Crippen LogP contribution in [0, 0.1) is 5.82 Å². The molecule has 31 heavy (non-hydrogen) atoms. The van der Waals surface area contributed by atoms with Crippen LogP contribution < -0.4 is 5.43 Å². The van der Waals surface area contributed by atoms with Crippen LogP contribution in [0.25, 0.3) is 21.7 Å². The van der Waals surface area contributed by atoms with Crippen molar-refractivity contribution in [2.45, 2.75) is 18.8 Å². The molecule has 4 aromatic rings. The zero-order valence-corrected chi connectivity index (χ0v) is 17.0. The minimum atomic E-state index is -0.213. The summed E-state index contributed by atoms with van der Waals surface area (Å²) in [5, 5.41) is 2.33. The maximum Gasteiger partial charge on any atom is 0.192 e. The second-order valence-corrected chi connectivity index (χ2v) is 8.21. The summed E-state index contributed by atoms with van der Waals surface area (Å²) in [6.07, 6.45) is 2.86. The van der Waals surface area contributed by atoms with Gasteiger partial charge in [-0.05, 0) is 65.6 Å². The number of hydrogen-bond acceptors (Lipinski definition) is 4. The summed E-state index contributed by atoms with van der Waals surface area (Å²) in [5.74, 6) is 0.274. The van der Waals surface area contributed by atoms with E-state index < -0.39 is 0 Å². The largest absolute Gasteiger partial charge is 0.464 e. The molecule has 5 rings (SSSR count). The number of rotatable bonds is 5. The number of nitrogens with zero attached hydrogens (tertiary/aromatic N) is 1. The van der Waals surface area contributed by atoms with Gasteiger partial charge in [0.05, 0.1) is 11.6 Å². The van der Waals surface area contributed by atoms with Crippen LogP contribution in [-0.4, -0.2) is 30.3 Å². The maximum absolute atomic E-state index is 13.1. The number of benzene rings is 3. The number of carbonyl (C=O) groups excluding carboxylic acids is 1. The van der Waals surface area contributed by atoms with Crippen LogP contribution >= 0.6 is 0 Å². The fourth-order valence-electron chi connectivity index (χ4n) is 4.45. The Bertz CT molecular complexity index is 1330. The first kappa shape index (κ1) is 19.6. The minimum absolute atomic E-state index is 0.0761. The molecule has 1 aliphatic rings. The Kier molecular flexibility index (Phi) is 5.12. The Hall–Kier alpha value is -3.31. The Morgan fingerprint density at radius 2 is 1.87 bits per heavy atom. The molecule has 0 spiro atoms. The lowest BCUT2D eigenvalue weighted by atomic mass is 9.98. The molecule has 3 aromatic carbocycles. The van der Waals surface area contributed by atoms with Crippen molar-refractivity contribution in [3.8, 4) is 0 Å². The molecule has 156 valence electrons. The SMILES string of the molecule is O=C(CCN1CCC(c2ccc(F)cc2)C1)c1ccc2cc3c(=O)ccoc3cc2c1. The van der Waals surface area contributed by atoms with Crippen LogP contribution in [0.1, 0.15) is 34.7 Å². The number of fused-ring (bicyclic) bond motifs is 2. The fourth-order valence-corrected chi connectivity index (χ4v) is 4.45. The van der Waals surface area contributed by atoms with Crippen molar-refractivity contribution in [2.24, 2.45) is 0 Å². The number of halogens is 1. The molecule has 1 fully saturated rings. The van der Waals surface area contributed by atoms with Gasteiger partial charge in [0.15, 0.2) is 11.2 Å². The van der Waals surface area contributed by atoms with E-state index >= 15 is 0 Å². The number of Topliss-reactive ketones (excluding diaryl/α,β-unsaturated/α-hetero) is 1. The summed E-state index contributed by atoms with van der Waals surface area (Å²) < 4.78 is 18.6. The van der Waals surface area contributed by atoms with E-state index in [1.165, 1.54) is 24.5 Å². The highest BCUT2D eigenvalue weighted by Crippen LogP contribution is 2.28. The minimum Gasteiger partial charge on any atom is -0.464 e. The second-order valence-electron chi connectivity index (χ2n) is 8.21. The summed E-state index contributed by atoms with van der Waals surface area (Å²) in [7, 11) is 0. The zero-order chi connectivity index (χ0) is 21.4. The van der Waals surface area contributed by atoms with Crippen molar-refractivity contribution in [2.75, 3.05) is 19.6 Å². The van der Waals surface area contributed by atoms with Gasteiger partial charge in [-0.25, -0.2) is 4.39 Å². The fraction of sp³-hybridized carbons (Fsp3) is 0.231. The molecule has 2 heterocycles. The van der Waals surface area contributed by atoms with Crippen LogP contribution in [-0.2, 0) is 0 Å². The molecule has 1 aromatic heterocycles. The van der Waals surface area contributed by atoms with E-state index in [9.17, 15) is 14.0 Å². The first-order valence-electron chi connectivity index (χ1n) is 10.5.